The zero-order valence-electron chi connectivity index (χ0n) is 27.6. The maximum absolute atomic E-state index is 13.5. The monoisotopic (exact) mass is 660 g/mol. The number of rotatable bonds is 16. The first-order chi connectivity index (χ1) is 23.1. The van der Waals surface area contributed by atoms with Crippen LogP contribution in [-0.2, 0) is 43.4 Å². The Bertz CT molecular complexity index is 1480. The quantitative estimate of drug-likeness (QED) is 0.168. The average molecular weight is 661 g/mol. The van der Waals surface area contributed by atoms with Crippen molar-refractivity contribution in [3.63, 3.8) is 0 Å². The van der Waals surface area contributed by atoms with E-state index in [1.807, 2.05) is 58.0 Å². The molecule has 0 aliphatic carbocycles. The highest BCUT2D eigenvalue weighted by atomic mass is 16.6. The van der Waals surface area contributed by atoms with Crippen LogP contribution in [0.15, 0.2) is 79.1 Å². The third kappa shape index (κ3) is 11.3. The van der Waals surface area contributed by atoms with Gasteiger partial charge in [-0.3, -0.25) is 19.6 Å². The van der Waals surface area contributed by atoms with Crippen molar-refractivity contribution in [1.82, 2.24) is 31.2 Å². The van der Waals surface area contributed by atoms with Gasteiger partial charge >= 0.3 is 12.2 Å². The molecule has 3 aromatic rings. The molecule has 0 unspecified atom stereocenters. The summed E-state index contributed by atoms with van der Waals surface area (Å²) >= 11 is 0. The topological polar surface area (TPSA) is 173 Å². The fourth-order valence-corrected chi connectivity index (χ4v) is 5.03. The Morgan fingerprint density at radius 3 is 1.73 bits per heavy atom. The molecule has 0 spiro atoms. The van der Waals surface area contributed by atoms with Crippen LogP contribution in [0, 0.1) is 11.8 Å². The number of aromatic nitrogens is 2. The molecule has 1 aliphatic rings. The smallest absolute Gasteiger partial charge is 0.408 e. The first kappa shape index (κ1) is 35.8. The van der Waals surface area contributed by atoms with E-state index in [0.717, 1.165) is 5.56 Å². The van der Waals surface area contributed by atoms with Crippen LogP contribution < -0.4 is 21.3 Å². The standard InChI is InChI=1S/C35H44N6O7/c1-22(2)29(40-34(44)46-20-25-14-8-10-16-36-25)32(42)38-19-28-31(48-28)27(18-24-12-6-5-7-13-24)39-33(43)30(23(3)4)41-35(45)47-21-26-15-9-11-17-37-26/h5-17,22-23,27-31H,18-21H2,1-4H3,(H,38,42)(H,39,43)(H,40,44)(H,41,45)/t27-,28-,29-,30-,31+/m0/s1. The SMILES string of the molecule is CC(C)[C@H](NC(=O)OCc1ccccn1)C(=O)NC[C@@H]1O[C@@H]1[C@H](Cc1ccccc1)NC(=O)[C@@H](NC(=O)OCc1ccccn1)C(C)C. The Morgan fingerprint density at radius 1 is 0.708 bits per heavy atom. The van der Waals surface area contributed by atoms with Gasteiger partial charge in [-0.05, 0) is 48.1 Å². The summed E-state index contributed by atoms with van der Waals surface area (Å²) in [5.74, 6) is -1.22. The molecule has 5 atom stereocenters. The Morgan fingerprint density at radius 2 is 1.23 bits per heavy atom. The van der Waals surface area contributed by atoms with Crippen molar-refractivity contribution in [2.75, 3.05) is 6.54 Å². The fraction of sp³-hybridized carbons (Fsp3) is 0.429. The van der Waals surface area contributed by atoms with E-state index in [1.54, 1.807) is 48.8 Å². The second-order valence-corrected chi connectivity index (χ2v) is 12.2. The summed E-state index contributed by atoms with van der Waals surface area (Å²) in [6, 6.07) is 18.1. The van der Waals surface area contributed by atoms with Gasteiger partial charge in [-0.15, -0.1) is 0 Å². The summed E-state index contributed by atoms with van der Waals surface area (Å²) in [5, 5.41) is 11.2. The Balaban J connectivity index is 1.32. The number of hydrogen-bond donors (Lipinski definition) is 4. The lowest BCUT2D eigenvalue weighted by atomic mass is 9.99. The Labute approximate surface area is 280 Å². The van der Waals surface area contributed by atoms with Crippen LogP contribution in [0.4, 0.5) is 9.59 Å². The van der Waals surface area contributed by atoms with Gasteiger partial charge in [0.25, 0.3) is 0 Å². The molecule has 0 bridgehead atoms. The van der Waals surface area contributed by atoms with Gasteiger partial charge < -0.3 is 35.5 Å². The second-order valence-electron chi connectivity index (χ2n) is 12.2. The molecule has 13 heteroatoms. The van der Waals surface area contributed by atoms with Gasteiger partial charge in [-0.1, -0.05) is 70.2 Å². The second kappa shape index (κ2) is 17.8. The van der Waals surface area contributed by atoms with E-state index >= 15 is 0 Å². The minimum absolute atomic E-state index is 0.0231. The number of nitrogens with one attached hydrogen (secondary N) is 4. The minimum atomic E-state index is -0.869. The first-order valence-electron chi connectivity index (χ1n) is 16.0. The van der Waals surface area contributed by atoms with Crippen LogP contribution in [0.5, 0.6) is 0 Å². The lowest BCUT2D eigenvalue weighted by Gasteiger charge is -2.25. The number of epoxide rings is 1. The van der Waals surface area contributed by atoms with Crippen LogP contribution in [0.3, 0.4) is 0 Å². The van der Waals surface area contributed by atoms with Gasteiger partial charge in [0, 0.05) is 18.9 Å². The maximum Gasteiger partial charge on any atom is 0.408 e. The molecule has 4 amide bonds. The third-order valence-corrected chi connectivity index (χ3v) is 7.72. The summed E-state index contributed by atoms with van der Waals surface area (Å²) in [6.07, 6.45) is 1.45. The number of ether oxygens (including phenoxy) is 3. The Kier molecular flexibility index (Phi) is 13.2. The summed E-state index contributed by atoms with van der Waals surface area (Å²) < 4.78 is 16.5. The maximum atomic E-state index is 13.5. The molecular weight excluding hydrogens is 616 g/mol. The predicted octanol–water partition coefficient (Wildman–Crippen LogP) is 3.29. The molecule has 1 aliphatic heterocycles. The van der Waals surface area contributed by atoms with Crippen molar-refractivity contribution >= 4 is 24.0 Å². The van der Waals surface area contributed by atoms with E-state index in [-0.39, 0.29) is 49.5 Å². The van der Waals surface area contributed by atoms with Crippen molar-refractivity contribution in [3.05, 3.63) is 96.1 Å². The number of hydrogen-bond acceptors (Lipinski definition) is 9. The van der Waals surface area contributed by atoms with Crippen molar-refractivity contribution < 1.29 is 33.4 Å². The van der Waals surface area contributed by atoms with Gasteiger partial charge in [0.15, 0.2) is 0 Å². The molecule has 1 fully saturated rings. The molecule has 0 radical (unpaired) electrons. The molecule has 2 aromatic heterocycles. The van der Waals surface area contributed by atoms with Crippen molar-refractivity contribution in [3.8, 4) is 0 Å². The summed E-state index contributed by atoms with van der Waals surface area (Å²) in [5.41, 5.74) is 2.16. The van der Waals surface area contributed by atoms with Crippen molar-refractivity contribution in [2.24, 2.45) is 11.8 Å². The van der Waals surface area contributed by atoms with E-state index in [9.17, 15) is 19.2 Å². The van der Waals surface area contributed by atoms with Crippen molar-refractivity contribution in [1.29, 1.82) is 0 Å². The van der Waals surface area contributed by atoms with Crippen LogP contribution in [0.25, 0.3) is 0 Å². The fourth-order valence-electron chi connectivity index (χ4n) is 5.03. The number of carbonyl (C=O) groups excluding carboxylic acids is 4. The largest absolute Gasteiger partial charge is 0.443 e. The number of carbonyl (C=O) groups is 4. The van der Waals surface area contributed by atoms with Gasteiger partial charge in [-0.2, -0.15) is 0 Å². The van der Waals surface area contributed by atoms with Gasteiger partial charge in [0.05, 0.1) is 17.4 Å². The Hall–Kier alpha value is -5.04. The third-order valence-electron chi connectivity index (χ3n) is 7.72. The number of nitrogens with zero attached hydrogens (tertiary/aromatic N) is 2. The molecule has 4 N–H and O–H groups in total. The number of benzene rings is 1. The molecule has 0 saturated carbocycles. The van der Waals surface area contributed by atoms with E-state index in [4.69, 9.17) is 14.2 Å². The molecule has 48 heavy (non-hydrogen) atoms. The van der Waals surface area contributed by atoms with E-state index in [0.29, 0.717) is 17.8 Å². The molecule has 13 nitrogen and oxygen atoms in total. The minimum Gasteiger partial charge on any atom is -0.443 e. The van der Waals surface area contributed by atoms with Crippen LogP contribution in [0.1, 0.15) is 44.6 Å². The van der Waals surface area contributed by atoms with Gasteiger partial charge in [0.2, 0.25) is 11.8 Å². The number of pyridine rings is 2. The average Bonchev–Trinajstić information content (AvgIpc) is 3.87. The molecular formula is C35H44N6O7. The zero-order chi connectivity index (χ0) is 34.5. The lowest BCUT2D eigenvalue weighted by Crippen LogP contribution is -2.54. The number of alkyl carbamates (subject to hydrolysis) is 2. The normalized spacial score (nSPS) is 17.0. The zero-order valence-corrected chi connectivity index (χ0v) is 27.6. The highest BCUT2D eigenvalue weighted by Crippen LogP contribution is 2.27. The van der Waals surface area contributed by atoms with Crippen LogP contribution in [0.2, 0.25) is 0 Å². The van der Waals surface area contributed by atoms with E-state index in [1.165, 1.54) is 0 Å². The predicted molar refractivity (Wildman–Crippen MR) is 176 cm³/mol. The molecule has 256 valence electrons. The summed E-state index contributed by atoms with van der Waals surface area (Å²) in [6.45, 7) is 7.41. The molecule has 4 rings (SSSR count). The molecule has 1 saturated heterocycles. The van der Waals surface area contributed by atoms with Gasteiger partial charge in [0.1, 0.15) is 37.5 Å². The van der Waals surface area contributed by atoms with Crippen LogP contribution >= 0.6 is 0 Å². The van der Waals surface area contributed by atoms with E-state index < -0.39 is 36.4 Å². The van der Waals surface area contributed by atoms with Crippen molar-refractivity contribution in [2.45, 2.75) is 77.7 Å². The van der Waals surface area contributed by atoms with Crippen LogP contribution in [-0.4, -0.2) is 70.8 Å². The first-order valence-corrected chi connectivity index (χ1v) is 16.0. The molecule has 3 heterocycles. The highest BCUT2D eigenvalue weighted by molar-refractivity contribution is 5.86. The number of amides is 4. The van der Waals surface area contributed by atoms with Gasteiger partial charge in [-0.25, -0.2) is 9.59 Å². The molecule has 1 aromatic carbocycles. The highest BCUT2D eigenvalue weighted by Gasteiger charge is 2.46. The van der Waals surface area contributed by atoms with E-state index in [2.05, 4.69) is 31.2 Å². The summed E-state index contributed by atoms with van der Waals surface area (Å²) in [4.78, 5) is 59.9. The lowest BCUT2D eigenvalue weighted by molar-refractivity contribution is -0.125. The summed E-state index contributed by atoms with van der Waals surface area (Å²) in [7, 11) is 0.